The van der Waals surface area contributed by atoms with Gasteiger partial charge in [0.25, 0.3) is 5.91 Å². The van der Waals surface area contributed by atoms with Crippen molar-refractivity contribution in [1.82, 2.24) is 10.2 Å². The molecule has 0 aromatic heterocycles. The van der Waals surface area contributed by atoms with E-state index in [1.54, 1.807) is 34.9 Å². The number of halogens is 2. The molecule has 0 bridgehead atoms. The summed E-state index contributed by atoms with van der Waals surface area (Å²) in [6.45, 7) is 4.02. The summed E-state index contributed by atoms with van der Waals surface area (Å²) in [5.74, 6) is 0.183. The second kappa shape index (κ2) is 9.88. The van der Waals surface area contributed by atoms with Gasteiger partial charge in [0.1, 0.15) is 6.04 Å². The van der Waals surface area contributed by atoms with Gasteiger partial charge >= 0.3 is 0 Å². The normalized spacial score (nSPS) is 19.8. The SMILES string of the molecule is CCCC1SCC(C(=O)NC(C)c2ccccc2)N1C(=O)c1ccc(Cl)cc1Cl. The fourth-order valence-corrected chi connectivity index (χ4v) is 5.46. The quantitative estimate of drug-likeness (QED) is 0.626. The van der Waals surface area contributed by atoms with Gasteiger partial charge in [-0.05, 0) is 37.1 Å². The molecule has 29 heavy (non-hydrogen) atoms. The van der Waals surface area contributed by atoms with Crippen LogP contribution in [-0.4, -0.2) is 33.9 Å². The Kier molecular flexibility index (Phi) is 7.49. The van der Waals surface area contributed by atoms with E-state index in [-0.39, 0.29) is 23.2 Å². The number of rotatable bonds is 6. The molecule has 1 N–H and O–H groups in total. The molecule has 4 nitrogen and oxygen atoms in total. The first-order valence-electron chi connectivity index (χ1n) is 9.67. The molecule has 0 saturated carbocycles. The number of carbonyl (C=O) groups is 2. The average molecular weight is 451 g/mol. The predicted octanol–water partition coefficient (Wildman–Crippen LogP) is 5.55. The maximum atomic E-state index is 13.3. The predicted molar refractivity (Wildman–Crippen MR) is 121 cm³/mol. The highest BCUT2D eigenvalue weighted by Gasteiger charge is 2.42. The van der Waals surface area contributed by atoms with Gasteiger partial charge in [-0.25, -0.2) is 0 Å². The van der Waals surface area contributed by atoms with E-state index in [4.69, 9.17) is 23.2 Å². The lowest BCUT2D eigenvalue weighted by Crippen LogP contribution is -2.50. The fourth-order valence-electron chi connectivity index (χ4n) is 3.44. The van der Waals surface area contributed by atoms with Crippen molar-refractivity contribution in [3.8, 4) is 0 Å². The maximum Gasteiger partial charge on any atom is 0.256 e. The molecule has 0 spiro atoms. The summed E-state index contributed by atoms with van der Waals surface area (Å²) >= 11 is 13.9. The molecule has 2 aromatic rings. The van der Waals surface area contributed by atoms with Gasteiger partial charge in [0, 0.05) is 10.8 Å². The van der Waals surface area contributed by atoms with Crippen LogP contribution >= 0.6 is 35.0 Å². The van der Waals surface area contributed by atoms with Crippen LogP contribution in [0.2, 0.25) is 10.0 Å². The lowest BCUT2D eigenvalue weighted by atomic mass is 10.1. The number of nitrogens with zero attached hydrogens (tertiary/aromatic N) is 1. The van der Waals surface area contributed by atoms with Gasteiger partial charge in [-0.3, -0.25) is 9.59 Å². The monoisotopic (exact) mass is 450 g/mol. The molecule has 1 fully saturated rings. The molecule has 1 heterocycles. The van der Waals surface area contributed by atoms with E-state index >= 15 is 0 Å². The zero-order chi connectivity index (χ0) is 21.0. The molecule has 2 amide bonds. The summed E-state index contributed by atoms with van der Waals surface area (Å²) in [6, 6.07) is 13.9. The fraction of sp³-hybridized carbons (Fsp3) is 0.364. The van der Waals surface area contributed by atoms with Crippen LogP contribution in [0.3, 0.4) is 0 Å². The summed E-state index contributed by atoms with van der Waals surface area (Å²) in [5.41, 5.74) is 1.39. The minimum atomic E-state index is -0.540. The van der Waals surface area contributed by atoms with Crippen molar-refractivity contribution in [3.05, 3.63) is 69.7 Å². The molecule has 0 aliphatic carbocycles. The van der Waals surface area contributed by atoms with Gasteiger partial charge < -0.3 is 10.2 Å². The van der Waals surface area contributed by atoms with E-state index in [1.807, 2.05) is 37.3 Å². The van der Waals surface area contributed by atoms with E-state index in [0.717, 1.165) is 18.4 Å². The Bertz CT molecular complexity index is 878. The van der Waals surface area contributed by atoms with Gasteiger partial charge in [-0.2, -0.15) is 0 Å². The summed E-state index contributed by atoms with van der Waals surface area (Å²) in [7, 11) is 0. The number of hydrogen-bond donors (Lipinski definition) is 1. The van der Waals surface area contributed by atoms with E-state index in [1.165, 1.54) is 0 Å². The second-order valence-corrected chi connectivity index (χ2v) is 9.12. The van der Waals surface area contributed by atoms with Crippen molar-refractivity contribution in [2.45, 2.75) is 44.1 Å². The first kappa shape index (κ1) is 22.0. The van der Waals surface area contributed by atoms with Crippen LogP contribution in [-0.2, 0) is 4.79 Å². The molecule has 2 aromatic carbocycles. The van der Waals surface area contributed by atoms with Gasteiger partial charge in [-0.15, -0.1) is 11.8 Å². The van der Waals surface area contributed by atoms with Gasteiger partial charge in [0.2, 0.25) is 5.91 Å². The number of amides is 2. The first-order valence-corrected chi connectivity index (χ1v) is 11.5. The highest BCUT2D eigenvalue weighted by atomic mass is 35.5. The van der Waals surface area contributed by atoms with Crippen LogP contribution in [0, 0.1) is 0 Å². The highest BCUT2D eigenvalue weighted by Crippen LogP contribution is 2.35. The average Bonchev–Trinajstić information content (AvgIpc) is 3.12. The second-order valence-electron chi connectivity index (χ2n) is 7.07. The molecular formula is C22H24Cl2N2O2S. The van der Waals surface area contributed by atoms with Crippen LogP contribution in [0.1, 0.15) is 48.7 Å². The Balaban J connectivity index is 1.82. The summed E-state index contributed by atoms with van der Waals surface area (Å²) in [6.07, 6.45) is 1.74. The third-order valence-electron chi connectivity index (χ3n) is 4.99. The van der Waals surface area contributed by atoms with Crippen molar-refractivity contribution in [2.75, 3.05) is 5.75 Å². The Morgan fingerprint density at radius 3 is 2.59 bits per heavy atom. The highest BCUT2D eigenvalue weighted by molar-refractivity contribution is 8.00. The van der Waals surface area contributed by atoms with Crippen LogP contribution in [0.15, 0.2) is 48.5 Å². The lowest BCUT2D eigenvalue weighted by Gasteiger charge is -2.30. The van der Waals surface area contributed by atoms with Crippen molar-refractivity contribution >= 4 is 46.8 Å². The largest absolute Gasteiger partial charge is 0.348 e. The topological polar surface area (TPSA) is 49.4 Å². The molecule has 1 aliphatic rings. The lowest BCUT2D eigenvalue weighted by molar-refractivity contribution is -0.125. The zero-order valence-corrected chi connectivity index (χ0v) is 18.7. The molecule has 3 atom stereocenters. The Labute approximate surface area is 185 Å². The number of thioether (sulfide) groups is 1. The number of carbonyl (C=O) groups excluding carboxylic acids is 2. The summed E-state index contributed by atoms with van der Waals surface area (Å²) in [4.78, 5) is 28.1. The molecule has 154 valence electrons. The minimum Gasteiger partial charge on any atom is -0.348 e. The van der Waals surface area contributed by atoms with Crippen LogP contribution in [0.5, 0.6) is 0 Å². The van der Waals surface area contributed by atoms with Crippen molar-refractivity contribution in [1.29, 1.82) is 0 Å². The number of nitrogens with one attached hydrogen (secondary N) is 1. The molecule has 3 unspecified atom stereocenters. The van der Waals surface area contributed by atoms with E-state index in [0.29, 0.717) is 21.4 Å². The van der Waals surface area contributed by atoms with Crippen molar-refractivity contribution in [3.63, 3.8) is 0 Å². The first-order chi connectivity index (χ1) is 13.9. The maximum absolute atomic E-state index is 13.3. The van der Waals surface area contributed by atoms with Crippen LogP contribution in [0.4, 0.5) is 0 Å². The molecular weight excluding hydrogens is 427 g/mol. The molecule has 3 rings (SSSR count). The van der Waals surface area contributed by atoms with Crippen LogP contribution < -0.4 is 5.32 Å². The number of hydrogen-bond acceptors (Lipinski definition) is 3. The number of benzene rings is 2. The van der Waals surface area contributed by atoms with Gasteiger partial charge in [0.15, 0.2) is 0 Å². The van der Waals surface area contributed by atoms with Crippen LogP contribution in [0.25, 0.3) is 0 Å². The molecule has 0 radical (unpaired) electrons. The van der Waals surface area contributed by atoms with Crippen molar-refractivity contribution < 1.29 is 9.59 Å². The van der Waals surface area contributed by atoms with Gasteiger partial charge in [0.05, 0.1) is 22.0 Å². The standard InChI is InChI=1S/C22H24Cl2N2O2S/c1-3-7-20-26(22(28)17-11-10-16(23)12-18(17)24)19(13-29-20)21(27)25-14(2)15-8-5-4-6-9-15/h4-6,8-12,14,19-20H,3,7,13H2,1-2H3,(H,25,27). The summed E-state index contributed by atoms with van der Waals surface area (Å²) in [5, 5.41) is 3.78. The van der Waals surface area contributed by atoms with E-state index in [9.17, 15) is 9.59 Å². The third kappa shape index (κ3) is 5.08. The zero-order valence-electron chi connectivity index (χ0n) is 16.4. The summed E-state index contributed by atoms with van der Waals surface area (Å²) < 4.78 is 0. The Hall–Kier alpha value is -1.69. The molecule has 1 aliphatic heterocycles. The Morgan fingerprint density at radius 2 is 1.93 bits per heavy atom. The molecule has 1 saturated heterocycles. The smallest absolute Gasteiger partial charge is 0.256 e. The Morgan fingerprint density at radius 1 is 1.21 bits per heavy atom. The van der Waals surface area contributed by atoms with E-state index < -0.39 is 6.04 Å². The van der Waals surface area contributed by atoms with Crippen molar-refractivity contribution in [2.24, 2.45) is 0 Å². The molecule has 7 heteroatoms. The van der Waals surface area contributed by atoms with E-state index in [2.05, 4.69) is 12.2 Å². The third-order valence-corrected chi connectivity index (χ3v) is 6.89. The van der Waals surface area contributed by atoms with Gasteiger partial charge in [-0.1, -0.05) is 66.9 Å². The minimum absolute atomic E-state index is 0.0537.